The van der Waals surface area contributed by atoms with Crippen LogP contribution in [0.2, 0.25) is 0 Å². The van der Waals surface area contributed by atoms with Gasteiger partial charge in [-0.2, -0.15) is 0 Å². The summed E-state index contributed by atoms with van der Waals surface area (Å²) in [6, 6.07) is 12.3. The molecule has 0 radical (unpaired) electrons. The number of thiocarbonyl (C=S) groups is 1. The molecule has 2 aromatic carbocycles. The van der Waals surface area contributed by atoms with Gasteiger partial charge in [0, 0.05) is 15.6 Å². The number of hydrogen-bond donors (Lipinski definition) is 0. The van der Waals surface area contributed by atoms with Gasteiger partial charge in [-0.3, -0.25) is 0 Å². The third-order valence-electron chi connectivity index (χ3n) is 3.61. The second-order valence-corrected chi connectivity index (χ2v) is 6.90. The summed E-state index contributed by atoms with van der Waals surface area (Å²) < 4.78 is 12.9. The molecule has 2 nitrogen and oxygen atoms in total. The Kier molecular flexibility index (Phi) is 6.84. The van der Waals surface area contributed by atoms with Crippen molar-refractivity contribution >= 4 is 39.9 Å². The van der Waals surface area contributed by atoms with Crippen LogP contribution < -0.4 is 9.47 Å². The van der Waals surface area contributed by atoms with E-state index < -0.39 is 0 Å². The molecule has 0 aliphatic rings. The maximum Gasteiger partial charge on any atom is 0.167 e. The van der Waals surface area contributed by atoms with Crippen molar-refractivity contribution in [3.63, 3.8) is 0 Å². The van der Waals surface area contributed by atoms with Crippen LogP contribution in [0.4, 0.5) is 0 Å². The standard InChI is InChI=1S/C19H21IO2S/c1-4-14-9-10-17(13(3)11-14)21-12-15-16(20)7-6-8-18(15)22-19(23)5-2/h6-11H,4-5,12H2,1-3H3. The van der Waals surface area contributed by atoms with Gasteiger partial charge in [-0.1, -0.05) is 32.0 Å². The van der Waals surface area contributed by atoms with E-state index >= 15 is 0 Å². The Morgan fingerprint density at radius 3 is 2.57 bits per heavy atom. The molecule has 0 saturated carbocycles. The number of aryl methyl sites for hydroxylation is 2. The number of benzene rings is 2. The first kappa shape index (κ1) is 18.2. The van der Waals surface area contributed by atoms with Crippen LogP contribution in [0.25, 0.3) is 0 Å². The smallest absolute Gasteiger partial charge is 0.167 e. The zero-order valence-electron chi connectivity index (χ0n) is 13.7. The van der Waals surface area contributed by atoms with Crippen molar-refractivity contribution in [3.05, 3.63) is 56.7 Å². The maximum atomic E-state index is 6.03. The molecule has 0 bridgehead atoms. The Labute approximate surface area is 157 Å². The highest BCUT2D eigenvalue weighted by atomic mass is 127. The lowest BCUT2D eigenvalue weighted by molar-refractivity contribution is 0.299. The molecule has 0 aliphatic heterocycles. The number of halogens is 1. The first-order valence-corrected chi connectivity index (χ1v) is 9.24. The van der Waals surface area contributed by atoms with Crippen LogP contribution in [0.15, 0.2) is 36.4 Å². The molecule has 0 spiro atoms. The topological polar surface area (TPSA) is 18.5 Å². The van der Waals surface area contributed by atoms with Crippen LogP contribution in [0.3, 0.4) is 0 Å². The fourth-order valence-corrected chi connectivity index (χ4v) is 2.93. The van der Waals surface area contributed by atoms with Crippen molar-refractivity contribution in [1.82, 2.24) is 0 Å². The minimum Gasteiger partial charge on any atom is -0.488 e. The lowest BCUT2D eigenvalue weighted by Gasteiger charge is -2.15. The third kappa shape index (κ3) is 4.91. The van der Waals surface area contributed by atoms with Crippen molar-refractivity contribution in [1.29, 1.82) is 0 Å². The predicted molar refractivity (Wildman–Crippen MR) is 108 cm³/mol. The highest BCUT2D eigenvalue weighted by Crippen LogP contribution is 2.27. The SMILES string of the molecule is CCC(=S)Oc1cccc(I)c1COc1ccc(CC)cc1C. The molecule has 2 aromatic rings. The van der Waals surface area contributed by atoms with Crippen LogP contribution in [0.1, 0.15) is 37.0 Å². The minimum atomic E-state index is 0.465. The Hall–Kier alpha value is -1.14. The van der Waals surface area contributed by atoms with Crippen LogP contribution in [0.5, 0.6) is 11.5 Å². The van der Waals surface area contributed by atoms with Gasteiger partial charge in [0.05, 0.1) is 0 Å². The molecule has 0 atom stereocenters. The van der Waals surface area contributed by atoms with Crippen molar-refractivity contribution in [3.8, 4) is 11.5 Å². The van der Waals surface area contributed by atoms with Crippen molar-refractivity contribution < 1.29 is 9.47 Å². The molecule has 0 unspecified atom stereocenters. The normalized spacial score (nSPS) is 10.4. The molecule has 0 aromatic heterocycles. The maximum absolute atomic E-state index is 6.03. The van der Waals surface area contributed by atoms with Gasteiger partial charge >= 0.3 is 0 Å². The quantitative estimate of drug-likeness (QED) is 0.414. The largest absolute Gasteiger partial charge is 0.488 e. The first-order valence-electron chi connectivity index (χ1n) is 7.75. The molecule has 2 rings (SSSR count). The molecule has 4 heteroatoms. The van der Waals surface area contributed by atoms with E-state index in [4.69, 9.17) is 21.7 Å². The van der Waals surface area contributed by atoms with Crippen LogP contribution in [-0.4, -0.2) is 5.05 Å². The molecular weight excluding hydrogens is 419 g/mol. The molecule has 0 amide bonds. The van der Waals surface area contributed by atoms with E-state index in [-0.39, 0.29) is 0 Å². The van der Waals surface area contributed by atoms with Crippen LogP contribution in [-0.2, 0) is 13.0 Å². The lowest BCUT2D eigenvalue weighted by atomic mass is 10.1. The zero-order chi connectivity index (χ0) is 16.8. The molecule has 0 saturated heterocycles. The van der Waals surface area contributed by atoms with Crippen LogP contribution in [0, 0.1) is 10.5 Å². The van der Waals surface area contributed by atoms with Gasteiger partial charge in [-0.15, -0.1) is 0 Å². The summed E-state index contributed by atoms with van der Waals surface area (Å²) in [5.41, 5.74) is 3.51. The van der Waals surface area contributed by atoms with E-state index in [0.29, 0.717) is 11.7 Å². The molecule has 0 heterocycles. The third-order valence-corrected chi connectivity index (χ3v) is 4.99. The summed E-state index contributed by atoms with van der Waals surface area (Å²) in [6.07, 6.45) is 1.75. The van der Waals surface area contributed by atoms with Gasteiger partial charge < -0.3 is 9.47 Å². The van der Waals surface area contributed by atoms with E-state index in [9.17, 15) is 0 Å². The van der Waals surface area contributed by atoms with Gasteiger partial charge in [-0.05, 0) is 77.5 Å². The van der Waals surface area contributed by atoms with Gasteiger partial charge in [0.1, 0.15) is 18.1 Å². The summed E-state index contributed by atoms with van der Waals surface area (Å²) in [4.78, 5) is 0. The average Bonchev–Trinajstić information content (AvgIpc) is 2.55. The number of ether oxygens (including phenoxy) is 2. The van der Waals surface area contributed by atoms with E-state index in [2.05, 4.69) is 48.6 Å². The van der Waals surface area contributed by atoms with Crippen molar-refractivity contribution in [2.24, 2.45) is 0 Å². The van der Waals surface area contributed by atoms with E-state index in [1.807, 2.05) is 31.2 Å². The average molecular weight is 440 g/mol. The number of rotatable bonds is 6. The molecule has 0 fully saturated rings. The summed E-state index contributed by atoms with van der Waals surface area (Å²) in [6.45, 7) is 6.69. The molecular formula is C19H21IO2S. The summed E-state index contributed by atoms with van der Waals surface area (Å²) >= 11 is 7.51. The van der Waals surface area contributed by atoms with Gasteiger partial charge in [0.2, 0.25) is 0 Å². The second kappa shape index (κ2) is 8.64. The lowest BCUT2D eigenvalue weighted by Crippen LogP contribution is -2.08. The summed E-state index contributed by atoms with van der Waals surface area (Å²) in [7, 11) is 0. The molecule has 0 aliphatic carbocycles. The van der Waals surface area contributed by atoms with E-state index in [0.717, 1.165) is 39.0 Å². The van der Waals surface area contributed by atoms with E-state index in [1.54, 1.807) is 0 Å². The van der Waals surface area contributed by atoms with E-state index in [1.165, 1.54) is 5.56 Å². The first-order chi connectivity index (χ1) is 11.0. The summed E-state index contributed by atoms with van der Waals surface area (Å²) in [5.74, 6) is 1.69. The van der Waals surface area contributed by atoms with Gasteiger partial charge in [0.25, 0.3) is 0 Å². The highest BCUT2D eigenvalue weighted by Gasteiger charge is 2.11. The Balaban J connectivity index is 2.18. The Bertz CT molecular complexity index is 698. The number of hydrogen-bond acceptors (Lipinski definition) is 3. The second-order valence-electron chi connectivity index (χ2n) is 5.29. The fourth-order valence-electron chi connectivity index (χ4n) is 2.21. The highest BCUT2D eigenvalue weighted by molar-refractivity contribution is 14.1. The van der Waals surface area contributed by atoms with Gasteiger partial charge in [-0.25, -0.2) is 0 Å². The molecule has 0 N–H and O–H groups in total. The minimum absolute atomic E-state index is 0.465. The van der Waals surface area contributed by atoms with Gasteiger partial charge in [0.15, 0.2) is 5.05 Å². The molecule has 23 heavy (non-hydrogen) atoms. The molecule has 122 valence electrons. The predicted octanol–water partition coefficient (Wildman–Crippen LogP) is 5.86. The monoisotopic (exact) mass is 440 g/mol. The fraction of sp³-hybridized carbons (Fsp3) is 0.316. The van der Waals surface area contributed by atoms with Crippen molar-refractivity contribution in [2.75, 3.05) is 0 Å². The summed E-state index contributed by atoms with van der Waals surface area (Å²) in [5, 5.41) is 0.594. The zero-order valence-corrected chi connectivity index (χ0v) is 16.7. The Morgan fingerprint density at radius 2 is 1.91 bits per heavy atom. The van der Waals surface area contributed by atoms with Crippen molar-refractivity contribution in [2.45, 2.75) is 40.2 Å². The van der Waals surface area contributed by atoms with Crippen LogP contribution >= 0.6 is 34.8 Å². The Morgan fingerprint density at radius 1 is 1.13 bits per heavy atom.